The van der Waals surface area contributed by atoms with Crippen LogP contribution in [0.2, 0.25) is 0 Å². The minimum absolute atomic E-state index is 0.0701. The molecule has 1 aliphatic heterocycles. The highest BCUT2D eigenvalue weighted by molar-refractivity contribution is 9.10. The van der Waals surface area contributed by atoms with Gasteiger partial charge in [0.05, 0.1) is 12.2 Å². The first-order valence-corrected chi connectivity index (χ1v) is 7.75. The van der Waals surface area contributed by atoms with Gasteiger partial charge in [-0.3, -0.25) is 14.6 Å². The highest BCUT2D eigenvalue weighted by Crippen LogP contribution is 2.29. The van der Waals surface area contributed by atoms with Gasteiger partial charge in [0, 0.05) is 10.7 Å². The summed E-state index contributed by atoms with van der Waals surface area (Å²) in [5, 5.41) is 2.85. The van der Waals surface area contributed by atoms with Crippen molar-refractivity contribution in [1.29, 1.82) is 0 Å². The van der Waals surface area contributed by atoms with Crippen LogP contribution in [0, 0.1) is 0 Å². The second-order valence-electron chi connectivity index (χ2n) is 6.06. The molecule has 0 saturated carbocycles. The molecule has 0 radical (unpaired) electrons. The van der Waals surface area contributed by atoms with Crippen LogP contribution in [0.1, 0.15) is 39.8 Å². The molecule has 1 atom stereocenters. The van der Waals surface area contributed by atoms with E-state index in [-0.39, 0.29) is 11.8 Å². The standard InChI is InChI=1S/C15H20BrN3O2/c1-5-15(4)13(21)19(14(2,3)12(20)18-15)9-11-7-6-10(16)8-17-11/h6-8H,5,9H2,1-4H3,(H,18,20). The number of carbonyl (C=O) groups is 2. The molecule has 0 aliphatic carbocycles. The summed E-state index contributed by atoms with van der Waals surface area (Å²) in [6.45, 7) is 7.50. The van der Waals surface area contributed by atoms with E-state index in [1.165, 1.54) is 0 Å². The van der Waals surface area contributed by atoms with E-state index in [1.807, 2.05) is 19.1 Å². The molecule has 0 spiro atoms. The summed E-state index contributed by atoms with van der Waals surface area (Å²) in [6, 6.07) is 3.73. The SMILES string of the molecule is CCC1(C)NC(=O)C(C)(C)N(Cc2ccc(Br)cn2)C1=O. The number of carbonyl (C=O) groups excluding carboxylic acids is 2. The van der Waals surface area contributed by atoms with Gasteiger partial charge in [-0.2, -0.15) is 0 Å². The molecule has 0 bridgehead atoms. The number of hydrogen-bond donors (Lipinski definition) is 1. The Labute approximate surface area is 133 Å². The fraction of sp³-hybridized carbons (Fsp3) is 0.533. The Morgan fingerprint density at radius 1 is 1.29 bits per heavy atom. The molecule has 1 saturated heterocycles. The molecule has 21 heavy (non-hydrogen) atoms. The topological polar surface area (TPSA) is 62.3 Å². The van der Waals surface area contributed by atoms with Gasteiger partial charge in [0.2, 0.25) is 11.8 Å². The third-order valence-electron chi connectivity index (χ3n) is 4.15. The fourth-order valence-electron chi connectivity index (χ4n) is 2.30. The van der Waals surface area contributed by atoms with Crippen LogP contribution in [0.3, 0.4) is 0 Å². The average molecular weight is 354 g/mol. The largest absolute Gasteiger partial charge is 0.340 e. The Morgan fingerprint density at radius 3 is 2.48 bits per heavy atom. The molecule has 5 nitrogen and oxygen atoms in total. The third kappa shape index (κ3) is 2.81. The predicted octanol–water partition coefficient (Wildman–Crippen LogP) is 2.25. The minimum Gasteiger partial charge on any atom is -0.340 e. The average Bonchev–Trinajstić information content (AvgIpc) is 2.44. The summed E-state index contributed by atoms with van der Waals surface area (Å²) in [4.78, 5) is 31.1. The maximum Gasteiger partial charge on any atom is 0.249 e. The fourth-order valence-corrected chi connectivity index (χ4v) is 2.54. The molecular weight excluding hydrogens is 334 g/mol. The molecule has 0 aromatic carbocycles. The van der Waals surface area contributed by atoms with Gasteiger partial charge in [-0.05, 0) is 55.3 Å². The van der Waals surface area contributed by atoms with Crippen LogP contribution < -0.4 is 5.32 Å². The van der Waals surface area contributed by atoms with E-state index in [0.29, 0.717) is 13.0 Å². The quantitative estimate of drug-likeness (QED) is 0.906. The molecule has 6 heteroatoms. The molecule has 2 amide bonds. The highest BCUT2D eigenvalue weighted by Gasteiger charge is 2.51. The molecule has 1 unspecified atom stereocenters. The molecule has 1 aromatic rings. The maximum absolute atomic E-state index is 12.8. The van der Waals surface area contributed by atoms with Gasteiger partial charge < -0.3 is 10.2 Å². The predicted molar refractivity (Wildman–Crippen MR) is 83.4 cm³/mol. The van der Waals surface area contributed by atoms with Crippen molar-refractivity contribution in [3.05, 3.63) is 28.5 Å². The van der Waals surface area contributed by atoms with Crippen molar-refractivity contribution in [1.82, 2.24) is 15.2 Å². The van der Waals surface area contributed by atoms with E-state index < -0.39 is 11.1 Å². The van der Waals surface area contributed by atoms with Crippen LogP contribution in [0.4, 0.5) is 0 Å². The Balaban J connectivity index is 2.35. The maximum atomic E-state index is 12.8. The van der Waals surface area contributed by atoms with E-state index in [2.05, 4.69) is 26.2 Å². The van der Waals surface area contributed by atoms with E-state index in [0.717, 1.165) is 10.2 Å². The summed E-state index contributed by atoms with van der Waals surface area (Å²) < 4.78 is 0.881. The first kappa shape index (κ1) is 15.9. The zero-order chi connectivity index (χ0) is 15.8. The Bertz CT molecular complexity index is 571. The Kier molecular flexibility index (Phi) is 4.10. The van der Waals surface area contributed by atoms with Crippen molar-refractivity contribution in [3.63, 3.8) is 0 Å². The molecule has 1 fully saturated rings. The van der Waals surface area contributed by atoms with E-state index >= 15 is 0 Å². The third-order valence-corrected chi connectivity index (χ3v) is 4.62. The number of halogens is 1. The van der Waals surface area contributed by atoms with Crippen LogP contribution in [0.15, 0.2) is 22.8 Å². The van der Waals surface area contributed by atoms with E-state index in [9.17, 15) is 9.59 Å². The van der Waals surface area contributed by atoms with Crippen molar-refractivity contribution in [3.8, 4) is 0 Å². The van der Waals surface area contributed by atoms with E-state index in [1.54, 1.807) is 31.9 Å². The van der Waals surface area contributed by atoms with Gasteiger partial charge in [0.25, 0.3) is 0 Å². The molecule has 1 aromatic heterocycles. The van der Waals surface area contributed by atoms with Crippen molar-refractivity contribution >= 4 is 27.7 Å². The lowest BCUT2D eigenvalue weighted by molar-refractivity contribution is -0.161. The molecule has 2 rings (SSSR count). The Hall–Kier alpha value is -1.43. The molecule has 1 N–H and O–H groups in total. The van der Waals surface area contributed by atoms with Gasteiger partial charge in [0.1, 0.15) is 11.1 Å². The summed E-state index contributed by atoms with van der Waals surface area (Å²) in [7, 11) is 0. The summed E-state index contributed by atoms with van der Waals surface area (Å²) in [5.41, 5.74) is -0.976. The van der Waals surface area contributed by atoms with Crippen molar-refractivity contribution in [2.24, 2.45) is 0 Å². The van der Waals surface area contributed by atoms with Gasteiger partial charge in [-0.15, -0.1) is 0 Å². The van der Waals surface area contributed by atoms with Crippen LogP contribution in [0.25, 0.3) is 0 Å². The number of nitrogens with zero attached hydrogens (tertiary/aromatic N) is 2. The number of aromatic nitrogens is 1. The molecule has 114 valence electrons. The first-order chi connectivity index (χ1) is 9.70. The van der Waals surface area contributed by atoms with Crippen LogP contribution >= 0.6 is 15.9 Å². The van der Waals surface area contributed by atoms with Crippen LogP contribution in [-0.4, -0.2) is 32.8 Å². The number of piperazine rings is 1. The second kappa shape index (κ2) is 5.40. The lowest BCUT2D eigenvalue weighted by Crippen LogP contribution is -2.72. The van der Waals surface area contributed by atoms with Crippen molar-refractivity contribution < 1.29 is 9.59 Å². The van der Waals surface area contributed by atoms with Gasteiger partial charge in [-0.25, -0.2) is 0 Å². The van der Waals surface area contributed by atoms with Gasteiger partial charge in [0.15, 0.2) is 0 Å². The monoisotopic (exact) mass is 353 g/mol. The smallest absolute Gasteiger partial charge is 0.249 e. The van der Waals surface area contributed by atoms with Crippen LogP contribution in [0.5, 0.6) is 0 Å². The van der Waals surface area contributed by atoms with Crippen LogP contribution in [-0.2, 0) is 16.1 Å². The number of nitrogens with one attached hydrogen (secondary N) is 1. The zero-order valence-corrected chi connectivity index (χ0v) is 14.3. The molecule has 1 aliphatic rings. The lowest BCUT2D eigenvalue weighted by Gasteiger charge is -2.48. The molecule has 2 heterocycles. The van der Waals surface area contributed by atoms with Gasteiger partial charge >= 0.3 is 0 Å². The Morgan fingerprint density at radius 2 is 1.95 bits per heavy atom. The zero-order valence-electron chi connectivity index (χ0n) is 12.7. The summed E-state index contributed by atoms with van der Waals surface area (Å²) in [5.74, 6) is -0.206. The number of pyridine rings is 1. The first-order valence-electron chi connectivity index (χ1n) is 6.96. The number of rotatable bonds is 3. The minimum atomic E-state index is -0.888. The van der Waals surface area contributed by atoms with Gasteiger partial charge in [-0.1, -0.05) is 6.92 Å². The normalized spacial score (nSPS) is 24.9. The lowest BCUT2D eigenvalue weighted by atomic mass is 9.86. The highest BCUT2D eigenvalue weighted by atomic mass is 79.9. The van der Waals surface area contributed by atoms with E-state index in [4.69, 9.17) is 0 Å². The molecular formula is C15H20BrN3O2. The van der Waals surface area contributed by atoms with Crippen molar-refractivity contribution in [2.45, 2.75) is 51.7 Å². The summed E-state index contributed by atoms with van der Waals surface area (Å²) >= 11 is 3.34. The number of hydrogen-bond acceptors (Lipinski definition) is 3. The van der Waals surface area contributed by atoms with Crippen molar-refractivity contribution in [2.75, 3.05) is 0 Å². The summed E-state index contributed by atoms with van der Waals surface area (Å²) in [6.07, 6.45) is 2.24. The second-order valence-corrected chi connectivity index (χ2v) is 6.97. The number of amides is 2.